The van der Waals surface area contributed by atoms with Crippen molar-refractivity contribution in [2.75, 3.05) is 6.61 Å². The molecule has 0 N–H and O–H groups in total. The molecule has 3 rings (SSSR count). The average molecular weight is 295 g/mol. The molecular weight excluding hydrogens is 280 g/mol. The van der Waals surface area contributed by atoms with Gasteiger partial charge in [0.25, 0.3) is 0 Å². The third kappa shape index (κ3) is 2.24. The molecule has 1 unspecified atom stereocenters. The largest absolute Gasteiger partial charge is 0.378 e. The first-order valence-electron chi connectivity index (χ1n) is 6.07. The van der Waals surface area contributed by atoms with E-state index in [9.17, 15) is 0 Å². The molecule has 0 aliphatic carbocycles. The second-order valence-electron chi connectivity index (χ2n) is 4.48. The van der Waals surface area contributed by atoms with E-state index in [1.54, 1.807) is 0 Å². The zero-order chi connectivity index (χ0) is 11.7. The van der Waals surface area contributed by atoms with Gasteiger partial charge >= 0.3 is 0 Å². The van der Waals surface area contributed by atoms with Crippen LogP contribution in [0.2, 0.25) is 0 Å². The number of nitrogens with zero attached hydrogens (tertiary/aromatic N) is 2. The minimum absolute atomic E-state index is 0.335. The molecule has 0 amide bonds. The van der Waals surface area contributed by atoms with Crippen LogP contribution in [0.5, 0.6) is 0 Å². The van der Waals surface area contributed by atoms with E-state index in [1.165, 1.54) is 12.8 Å². The summed E-state index contributed by atoms with van der Waals surface area (Å²) < 4.78 is 8.98. The first-order chi connectivity index (χ1) is 8.34. The highest BCUT2D eigenvalue weighted by atomic mass is 79.9. The van der Waals surface area contributed by atoms with Gasteiger partial charge in [-0.3, -0.25) is 4.40 Å². The van der Waals surface area contributed by atoms with Crippen LogP contribution < -0.4 is 0 Å². The predicted molar refractivity (Wildman–Crippen MR) is 70.2 cm³/mol. The van der Waals surface area contributed by atoms with E-state index < -0.39 is 0 Å². The zero-order valence-electron chi connectivity index (χ0n) is 9.60. The summed E-state index contributed by atoms with van der Waals surface area (Å²) in [6.45, 7) is 0.898. The number of pyridine rings is 1. The molecule has 3 nitrogen and oxygen atoms in total. The smallest absolute Gasteiger partial charge is 0.116 e. The van der Waals surface area contributed by atoms with Crippen LogP contribution in [0.1, 0.15) is 25.1 Å². The standard InChI is InChI=1S/C13H15BrN2O/c14-12-6-3-4-10-9-15-13(16(10)12)8-11-5-1-2-7-17-11/h3-4,6,9,11H,1-2,5,7-8H2. The maximum Gasteiger partial charge on any atom is 0.116 e. The maximum atomic E-state index is 5.77. The van der Waals surface area contributed by atoms with E-state index in [0.717, 1.165) is 35.4 Å². The summed E-state index contributed by atoms with van der Waals surface area (Å²) >= 11 is 3.57. The van der Waals surface area contributed by atoms with Crippen LogP contribution in [-0.2, 0) is 11.2 Å². The van der Waals surface area contributed by atoms with E-state index in [-0.39, 0.29) is 0 Å². The number of ether oxygens (including phenoxy) is 1. The lowest BCUT2D eigenvalue weighted by atomic mass is 10.1. The van der Waals surface area contributed by atoms with Gasteiger partial charge in [0.2, 0.25) is 0 Å². The molecule has 90 valence electrons. The fourth-order valence-electron chi connectivity index (χ4n) is 2.39. The molecule has 0 radical (unpaired) electrons. The van der Waals surface area contributed by atoms with Crippen molar-refractivity contribution < 1.29 is 4.74 Å². The molecule has 1 saturated heterocycles. The van der Waals surface area contributed by atoms with Crippen LogP contribution in [0, 0.1) is 0 Å². The fourth-order valence-corrected chi connectivity index (χ4v) is 2.95. The molecule has 0 spiro atoms. The summed E-state index contributed by atoms with van der Waals surface area (Å²) in [7, 11) is 0. The molecule has 17 heavy (non-hydrogen) atoms. The van der Waals surface area contributed by atoms with Crippen LogP contribution in [-0.4, -0.2) is 22.1 Å². The molecule has 1 aliphatic heterocycles. The first-order valence-corrected chi connectivity index (χ1v) is 6.86. The lowest BCUT2D eigenvalue weighted by molar-refractivity contribution is 0.0155. The highest BCUT2D eigenvalue weighted by Gasteiger charge is 2.17. The SMILES string of the molecule is Brc1cccc2cnc(CC3CCCCO3)n12. The van der Waals surface area contributed by atoms with Crippen LogP contribution in [0.15, 0.2) is 29.0 Å². The highest BCUT2D eigenvalue weighted by molar-refractivity contribution is 9.10. The molecule has 1 atom stereocenters. The molecule has 0 bridgehead atoms. The van der Waals surface area contributed by atoms with E-state index >= 15 is 0 Å². The topological polar surface area (TPSA) is 26.5 Å². The Kier molecular flexibility index (Phi) is 3.16. The molecule has 1 aliphatic rings. The Hall–Kier alpha value is -0.870. The minimum atomic E-state index is 0.335. The zero-order valence-corrected chi connectivity index (χ0v) is 11.2. The summed E-state index contributed by atoms with van der Waals surface area (Å²) in [6.07, 6.45) is 6.78. The number of imidazole rings is 1. The van der Waals surface area contributed by atoms with Crippen molar-refractivity contribution in [3.05, 3.63) is 34.8 Å². The van der Waals surface area contributed by atoms with Crippen molar-refractivity contribution >= 4 is 21.4 Å². The number of rotatable bonds is 2. The van der Waals surface area contributed by atoms with Gasteiger partial charge < -0.3 is 4.74 Å². The van der Waals surface area contributed by atoms with Crippen molar-refractivity contribution in [2.24, 2.45) is 0 Å². The van der Waals surface area contributed by atoms with Gasteiger partial charge in [0.05, 0.1) is 22.4 Å². The third-order valence-electron chi connectivity index (χ3n) is 3.26. The van der Waals surface area contributed by atoms with Crippen LogP contribution in [0.25, 0.3) is 5.52 Å². The van der Waals surface area contributed by atoms with Crippen LogP contribution in [0.3, 0.4) is 0 Å². The first kappa shape index (κ1) is 11.2. The summed E-state index contributed by atoms with van der Waals surface area (Å²) in [6, 6.07) is 6.14. The Morgan fingerprint density at radius 1 is 1.41 bits per heavy atom. The van der Waals surface area contributed by atoms with Crippen molar-refractivity contribution in [1.82, 2.24) is 9.38 Å². The number of hydrogen-bond acceptors (Lipinski definition) is 2. The van der Waals surface area contributed by atoms with Crippen LogP contribution in [0.4, 0.5) is 0 Å². The third-order valence-corrected chi connectivity index (χ3v) is 3.88. The molecular formula is C13H15BrN2O. The molecule has 2 aromatic rings. The van der Waals surface area contributed by atoms with Crippen molar-refractivity contribution in [2.45, 2.75) is 31.8 Å². The Balaban J connectivity index is 1.89. The fraction of sp³-hybridized carbons (Fsp3) is 0.462. The van der Waals surface area contributed by atoms with Crippen molar-refractivity contribution in [1.29, 1.82) is 0 Å². The van der Waals surface area contributed by atoms with Gasteiger partial charge in [0.1, 0.15) is 5.82 Å². The maximum absolute atomic E-state index is 5.77. The van der Waals surface area contributed by atoms with Crippen molar-refractivity contribution in [3.63, 3.8) is 0 Å². The van der Waals surface area contributed by atoms with Gasteiger partial charge in [0.15, 0.2) is 0 Å². The second-order valence-corrected chi connectivity index (χ2v) is 5.29. The number of fused-ring (bicyclic) bond motifs is 1. The molecule has 4 heteroatoms. The average Bonchev–Trinajstić information content (AvgIpc) is 2.75. The minimum Gasteiger partial charge on any atom is -0.378 e. The van der Waals surface area contributed by atoms with Gasteiger partial charge in [-0.25, -0.2) is 4.98 Å². The predicted octanol–water partition coefficient (Wildman–Crippen LogP) is 3.21. The number of halogens is 1. The van der Waals surface area contributed by atoms with E-state index in [2.05, 4.69) is 31.4 Å². The molecule has 2 aromatic heterocycles. The van der Waals surface area contributed by atoms with Gasteiger partial charge in [-0.2, -0.15) is 0 Å². The summed E-state index contributed by atoms with van der Waals surface area (Å²) in [4.78, 5) is 4.50. The quantitative estimate of drug-likeness (QED) is 0.795. The van der Waals surface area contributed by atoms with E-state index in [4.69, 9.17) is 4.74 Å². The van der Waals surface area contributed by atoms with Gasteiger partial charge in [0, 0.05) is 13.0 Å². The summed E-state index contributed by atoms with van der Waals surface area (Å²) in [5, 5.41) is 0. The molecule has 3 heterocycles. The molecule has 0 aromatic carbocycles. The lowest BCUT2D eigenvalue weighted by Crippen LogP contribution is -2.22. The van der Waals surface area contributed by atoms with E-state index in [1.807, 2.05) is 18.3 Å². The Morgan fingerprint density at radius 2 is 2.35 bits per heavy atom. The summed E-state index contributed by atoms with van der Waals surface area (Å²) in [5.41, 5.74) is 1.13. The van der Waals surface area contributed by atoms with Gasteiger partial charge in [-0.1, -0.05) is 6.07 Å². The molecule has 0 saturated carbocycles. The Morgan fingerprint density at radius 3 is 3.18 bits per heavy atom. The van der Waals surface area contributed by atoms with E-state index in [0.29, 0.717) is 6.10 Å². The van der Waals surface area contributed by atoms with Crippen molar-refractivity contribution in [3.8, 4) is 0 Å². The van der Waals surface area contributed by atoms with Crippen LogP contribution >= 0.6 is 15.9 Å². The summed E-state index contributed by atoms with van der Waals surface area (Å²) in [5.74, 6) is 1.08. The monoisotopic (exact) mass is 294 g/mol. The number of aromatic nitrogens is 2. The Labute approximate surface area is 109 Å². The molecule has 1 fully saturated rings. The lowest BCUT2D eigenvalue weighted by Gasteiger charge is -2.22. The van der Waals surface area contributed by atoms with Gasteiger partial charge in [-0.15, -0.1) is 0 Å². The second kappa shape index (κ2) is 4.78. The number of hydrogen-bond donors (Lipinski definition) is 0. The highest BCUT2D eigenvalue weighted by Crippen LogP contribution is 2.20. The normalized spacial score (nSPS) is 20.9. The Bertz CT molecular complexity index is 517. The van der Waals surface area contributed by atoms with Gasteiger partial charge in [-0.05, 0) is 47.3 Å².